The second-order valence-electron chi connectivity index (χ2n) is 10.4. The second kappa shape index (κ2) is 11.1. The fraction of sp³-hybridized carbons (Fsp3) is 0.182. The highest BCUT2D eigenvalue weighted by molar-refractivity contribution is 7.22. The van der Waals surface area contributed by atoms with E-state index in [-0.39, 0.29) is 6.61 Å². The molecule has 6 aromatic rings. The van der Waals surface area contributed by atoms with Gasteiger partial charge in [-0.1, -0.05) is 30.3 Å². The van der Waals surface area contributed by atoms with Gasteiger partial charge in [-0.15, -0.1) is 11.3 Å². The van der Waals surface area contributed by atoms with E-state index in [1.165, 1.54) is 16.2 Å². The number of hydrogen-bond donors (Lipinski definition) is 0. The maximum atomic E-state index is 13.1. The molecule has 0 radical (unpaired) electrons. The number of amides is 1. The van der Waals surface area contributed by atoms with Gasteiger partial charge in [0, 0.05) is 24.4 Å². The van der Waals surface area contributed by atoms with Gasteiger partial charge >= 0.3 is 6.09 Å². The Morgan fingerprint density at radius 2 is 1.84 bits per heavy atom. The van der Waals surface area contributed by atoms with Crippen LogP contribution in [0.15, 0.2) is 73.2 Å². The first-order chi connectivity index (χ1) is 21.4. The Bertz CT molecular complexity index is 2050. The van der Waals surface area contributed by atoms with Gasteiger partial charge < -0.3 is 18.9 Å². The van der Waals surface area contributed by atoms with Crippen molar-refractivity contribution in [3.63, 3.8) is 0 Å². The van der Waals surface area contributed by atoms with Gasteiger partial charge in [-0.05, 0) is 54.8 Å². The predicted molar refractivity (Wildman–Crippen MR) is 169 cm³/mol. The largest absolute Gasteiger partial charge is 0.480 e. The number of aryl methyl sites for hydroxylation is 2. The molecular weight excluding hydrogens is 578 g/mol. The molecule has 1 atom stereocenters. The van der Waals surface area contributed by atoms with Crippen molar-refractivity contribution in [2.45, 2.75) is 20.1 Å². The molecular formula is C33H27N5O5S. The summed E-state index contributed by atoms with van der Waals surface area (Å²) in [6, 6.07) is 17.6. The summed E-state index contributed by atoms with van der Waals surface area (Å²) in [4.78, 5) is 32.9. The molecule has 0 saturated carbocycles. The van der Waals surface area contributed by atoms with Crippen LogP contribution < -0.4 is 19.1 Å². The number of hydrogen-bond acceptors (Lipinski definition) is 10. The average Bonchev–Trinajstić information content (AvgIpc) is 3.50. The number of fused-ring (bicyclic) bond motifs is 4. The van der Waals surface area contributed by atoms with Crippen LogP contribution in [0.5, 0.6) is 17.4 Å². The molecule has 1 amide bonds. The molecule has 4 heterocycles. The van der Waals surface area contributed by atoms with E-state index in [4.69, 9.17) is 23.9 Å². The number of pyridine rings is 1. The van der Waals surface area contributed by atoms with Gasteiger partial charge in [-0.3, -0.25) is 9.88 Å². The molecule has 7 rings (SSSR count). The van der Waals surface area contributed by atoms with Gasteiger partial charge in [-0.2, -0.15) is 0 Å². The predicted octanol–water partition coefficient (Wildman–Crippen LogP) is 6.96. The lowest BCUT2D eigenvalue weighted by Gasteiger charge is -2.28. The van der Waals surface area contributed by atoms with Crippen LogP contribution >= 0.6 is 11.3 Å². The molecule has 10 nitrogen and oxygen atoms in total. The number of aromatic nitrogens is 4. The SMILES string of the molecule is COc1cnc2c(-c3nc4c(C)cc5c(c4s3)OCC(OC(=O)N(C)c3cncc(-c4ccccc4)c3)O5)cc(C)cc2n1. The van der Waals surface area contributed by atoms with E-state index in [9.17, 15) is 4.79 Å². The van der Waals surface area contributed by atoms with Gasteiger partial charge in [0.25, 0.3) is 6.29 Å². The third kappa shape index (κ3) is 5.01. The van der Waals surface area contributed by atoms with Crippen molar-refractivity contribution in [2.75, 3.05) is 25.7 Å². The van der Waals surface area contributed by atoms with Crippen LogP contribution in [0.25, 0.3) is 42.9 Å². The Labute approximate surface area is 256 Å². The van der Waals surface area contributed by atoms with E-state index in [0.717, 1.165) is 54.1 Å². The number of thiazole rings is 1. The van der Waals surface area contributed by atoms with E-state index < -0.39 is 12.4 Å². The smallest absolute Gasteiger partial charge is 0.417 e. The number of anilines is 1. The zero-order valence-corrected chi connectivity index (χ0v) is 25.2. The zero-order valence-electron chi connectivity index (χ0n) is 24.4. The number of methoxy groups -OCH3 is 1. The first kappa shape index (κ1) is 27.5. The van der Waals surface area contributed by atoms with E-state index in [2.05, 4.69) is 21.0 Å². The van der Waals surface area contributed by atoms with Crippen molar-refractivity contribution in [2.24, 2.45) is 0 Å². The van der Waals surface area contributed by atoms with Gasteiger partial charge in [-0.25, -0.2) is 19.7 Å². The van der Waals surface area contributed by atoms with E-state index in [1.807, 2.05) is 62.4 Å². The standard InChI is InChI=1S/C33H27N5O5S/c1-18-10-23(29-24(11-18)36-26(40-4)16-35-29)32-37-28-19(2)12-25-30(31(28)44-32)41-17-27(42-25)43-33(39)38(3)22-13-21(14-34-15-22)20-8-6-5-7-9-20/h5-16,27H,17H2,1-4H3. The van der Waals surface area contributed by atoms with Crippen molar-refractivity contribution < 1.29 is 23.7 Å². The minimum Gasteiger partial charge on any atom is -0.480 e. The Kier molecular flexibility index (Phi) is 6.94. The van der Waals surface area contributed by atoms with Crippen molar-refractivity contribution in [1.29, 1.82) is 0 Å². The molecule has 0 spiro atoms. The van der Waals surface area contributed by atoms with Crippen LogP contribution in [0.3, 0.4) is 0 Å². The summed E-state index contributed by atoms with van der Waals surface area (Å²) < 4.78 is 24.1. The van der Waals surface area contributed by atoms with Crippen LogP contribution in [-0.4, -0.2) is 53.1 Å². The number of carbonyl (C=O) groups is 1. The minimum absolute atomic E-state index is 0.0267. The Morgan fingerprint density at radius 3 is 2.66 bits per heavy atom. The van der Waals surface area contributed by atoms with Crippen LogP contribution in [0.4, 0.5) is 10.5 Å². The number of ether oxygens (including phenoxy) is 4. The number of carbonyl (C=O) groups excluding carboxylic acids is 1. The summed E-state index contributed by atoms with van der Waals surface area (Å²) in [7, 11) is 3.20. The monoisotopic (exact) mass is 605 g/mol. The molecule has 0 bridgehead atoms. The van der Waals surface area contributed by atoms with Gasteiger partial charge in [0.2, 0.25) is 5.88 Å². The molecule has 0 aliphatic carbocycles. The Morgan fingerprint density at radius 1 is 1.00 bits per heavy atom. The molecule has 3 aromatic carbocycles. The highest BCUT2D eigenvalue weighted by Crippen LogP contribution is 2.46. The topological polar surface area (TPSA) is 109 Å². The molecule has 0 fully saturated rings. The fourth-order valence-corrected chi connectivity index (χ4v) is 6.27. The molecule has 0 N–H and O–H groups in total. The lowest BCUT2D eigenvalue weighted by Crippen LogP contribution is -2.38. The quantitative estimate of drug-likeness (QED) is 0.206. The van der Waals surface area contributed by atoms with Crippen molar-refractivity contribution >= 4 is 44.4 Å². The van der Waals surface area contributed by atoms with Crippen LogP contribution in [0.1, 0.15) is 11.1 Å². The molecule has 44 heavy (non-hydrogen) atoms. The number of benzene rings is 3. The number of rotatable bonds is 5. The summed E-state index contributed by atoms with van der Waals surface area (Å²) >= 11 is 1.49. The summed E-state index contributed by atoms with van der Waals surface area (Å²) in [6.07, 6.45) is 3.46. The molecule has 1 unspecified atom stereocenters. The first-order valence-corrected chi connectivity index (χ1v) is 14.7. The van der Waals surface area contributed by atoms with Crippen LogP contribution in [0, 0.1) is 13.8 Å². The third-order valence-corrected chi connectivity index (χ3v) is 8.42. The van der Waals surface area contributed by atoms with Crippen molar-refractivity contribution in [3.8, 4) is 39.1 Å². The number of nitrogens with zero attached hydrogens (tertiary/aromatic N) is 5. The van der Waals surface area contributed by atoms with E-state index in [1.54, 1.807) is 32.7 Å². The second-order valence-corrected chi connectivity index (χ2v) is 11.4. The molecule has 11 heteroatoms. The molecule has 1 aliphatic heterocycles. The fourth-order valence-electron chi connectivity index (χ4n) is 5.11. The Hall–Kier alpha value is -5.29. The van der Waals surface area contributed by atoms with Crippen LogP contribution in [-0.2, 0) is 4.74 Å². The maximum Gasteiger partial charge on any atom is 0.417 e. The van der Waals surface area contributed by atoms with Gasteiger partial charge in [0.15, 0.2) is 18.1 Å². The van der Waals surface area contributed by atoms with Gasteiger partial charge in [0.05, 0.1) is 41.7 Å². The Balaban J connectivity index is 1.14. The highest BCUT2D eigenvalue weighted by Gasteiger charge is 2.30. The zero-order chi connectivity index (χ0) is 30.4. The summed E-state index contributed by atoms with van der Waals surface area (Å²) in [5.74, 6) is 1.51. The molecule has 1 aliphatic rings. The maximum absolute atomic E-state index is 13.1. The van der Waals surface area contributed by atoms with Crippen molar-refractivity contribution in [3.05, 3.63) is 84.3 Å². The molecule has 0 saturated heterocycles. The minimum atomic E-state index is -0.932. The van der Waals surface area contributed by atoms with Crippen molar-refractivity contribution in [1.82, 2.24) is 19.9 Å². The van der Waals surface area contributed by atoms with Gasteiger partial charge in [0.1, 0.15) is 9.71 Å². The summed E-state index contributed by atoms with van der Waals surface area (Å²) in [5.41, 5.74) is 7.58. The molecule has 3 aromatic heterocycles. The summed E-state index contributed by atoms with van der Waals surface area (Å²) in [5, 5.41) is 0.787. The third-order valence-electron chi connectivity index (χ3n) is 7.33. The summed E-state index contributed by atoms with van der Waals surface area (Å²) in [6.45, 7) is 4.00. The first-order valence-electron chi connectivity index (χ1n) is 13.9. The lowest BCUT2D eigenvalue weighted by atomic mass is 10.1. The van der Waals surface area contributed by atoms with E-state index >= 15 is 0 Å². The average molecular weight is 606 g/mol. The lowest BCUT2D eigenvalue weighted by molar-refractivity contribution is -0.0718. The van der Waals surface area contributed by atoms with E-state index in [0.29, 0.717) is 23.1 Å². The normalized spacial score (nSPS) is 14.0. The highest BCUT2D eigenvalue weighted by atomic mass is 32.1. The van der Waals surface area contributed by atoms with Crippen LogP contribution in [0.2, 0.25) is 0 Å². The molecule has 220 valence electrons.